The fraction of sp³-hybridized carbons (Fsp3) is 0.562. The second kappa shape index (κ2) is 10.7. The minimum atomic E-state index is -4.66. The Balaban J connectivity index is 2.27. The van der Waals surface area contributed by atoms with E-state index in [2.05, 4.69) is 20.4 Å². The van der Waals surface area contributed by atoms with Crippen LogP contribution in [0.5, 0.6) is 5.75 Å². The Morgan fingerprint density at radius 1 is 1.12 bits per heavy atom. The fourth-order valence-corrected chi connectivity index (χ4v) is 1.93. The topological polar surface area (TPSA) is 54.9 Å². The molecule has 0 spiro atoms. The van der Waals surface area contributed by atoms with Crippen LogP contribution in [0.4, 0.5) is 13.2 Å². The lowest BCUT2D eigenvalue weighted by Crippen LogP contribution is -2.39. The lowest BCUT2D eigenvalue weighted by molar-refractivity contribution is -0.274. The van der Waals surface area contributed by atoms with Crippen LogP contribution < -0.4 is 15.4 Å². The van der Waals surface area contributed by atoms with Crippen molar-refractivity contribution in [3.05, 3.63) is 29.8 Å². The predicted octanol–water partition coefficient (Wildman–Crippen LogP) is 2.72. The predicted molar refractivity (Wildman–Crippen MR) is 87.3 cm³/mol. The van der Waals surface area contributed by atoms with Crippen LogP contribution in [0.3, 0.4) is 0 Å². The highest BCUT2D eigenvalue weighted by molar-refractivity contribution is 5.79. The van der Waals surface area contributed by atoms with Crippen molar-refractivity contribution in [1.82, 2.24) is 10.6 Å². The molecule has 0 aliphatic carbocycles. The molecule has 136 valence electrons. The first-order valence-electron chi connectivity index (χ1n) is 7.81. The number of benzene rings is 1. The van der Waals surface area contributed by atoms with Crippen LogP contribution in [0.25, 0.3) is 0 Å². The van der Waals surface area contributed by atoms with Crippen LogP contribution >= 0.6 is 0 Å². The standard InChI is InChI=1S/C16H24F3N3O2/c1-3-23-12-4-10-21-15(20-2)22-11-9-13-5-7-14(8-6-13)24-16(17,18)19/h5-8H,3-4,9-12H2,1-2H3,(H2,20,21,22). The van der Waals surface area contributed by atoms with Crippen molar-refractivity contribution in [2.24, 2.45) is 4.99 Å². The van der Waals surface area contributed by atoms with Crippen molar-refractivity contribution in [1.29, 1.82) is 0 Å². The van der Waals surface area contributed by atoms with Gasteiger partial charge in [-0.3, -0.25) is 4.99 Å². The highest BCUT2D eigenvalue weighted by atomic mass is 19.4. The lowest BCUT2D eigenvalue weighted by atomic mass is 10.1. The lowest BCUT2D eigenvalue weighted by Gasteiger charge is -2.12. The van der Waals surface area contributed by atoms with E-state index in [0.717, 1.165) is 18.5 Å². The maximum atomic E-state index is 12.1. The van der Waals surface area contributed by atoms with Crippen molar-refractivity contribution >= 4 is 5.96 Å². The van der Waals surface area contributed by atoms with Crippen LogP contribution in [-0.2, 0) is 11.2 Å². The van der Waals surface area contributed by atoms with Gasteiger partial charge in [-0.15, -0.1) is 13.2 Å². The van der Waals surface area contributed by atoms with Crippen molar-refractivity contribution in [3.63, 3.8) is 0 Å². The van der Waals surface area contributed by atoms with Crippen LogP contribution in [0.15, 0.2) is 29.3 Å². The summed E-state index contributed by atoms with van der Waals surface area (Å²) in [5, 5.41) is 6.31. The van der Waals surface area contributed by atoms with Gasteiger partial charge in [0.05, 0.1) is 0 Å². The summed E-state index contributed by atoms with van der Waals surface area (Å²) in [6.07, 6.45) is -3.12. The molecule has 0 saturated heterocycles. The average molecular weight is 347 g/mol. The summed E-state index contributed by atoms with van der Waals surface area (Å²) in [4.78, 5) is 4.10. The van der Waals surface area contributed by atoms with Gasteiger partial charge in [0.25, 0.3) is 0 Å². The van der Waals surface area contributed by atoms with Gasteiger partial charge in [0.1, 0.15) is 5.75 Å². The molecule has 0 bridgehead atoms. The smallest absolute Gasteiger partial charge is 0.406 e. The number of halogens is 3. The maximum Gasteiger partial charge on any atom is 0.573 e. The van der Waals surface area contributed by atoms with Crippen molar-refractivity contribution < 1.29 is 22.6 Å². The zero-order valence-corrected chi connectivity index (χ0v) is 13.9. The van der Waals surface area contributed by atoms with E-state index in [4.69, 9.17) is 4.74 Å². The van der Waals surface area contributed by atoms with Crippen LogP contribution in [0, 0.1) is 0 Å². The number of rotatable bonds is 9. The van der Waals surface area contributed by atoms with Crippen LogP contribution in [0.1, 0.15) is 18.9 Å². The number of guanidine groups is 1. The molecule has 0 unspecified atom stereocenters. The molecule has 5 nitrogen and oxygen atoms in total. The number of ether oxygens (including phenoxy) is 2. The van der Waals surface area contributed by atoms with Gasteiger partial charge in [0.2, 0.25) is 0 Å². The van der Waals surface area contributed by atoms with Gasteiger partial charge in [-0.1, -0.05) is 12.1 Å². The number of nitrogens with zero attached hydrogens (tertiary/aromatic N) is 1. The molecule has 1 rings (SSSR count). The van der Waals surface area contributed by atoms with E-state index in [0.29, 0.717) is 32.1 Å². The van der Waals surface area contributed by atoms with Crippen LogP contribution in [0.2, 0.25) is 0 Å². The maximum absolute atomic E-state index is 12.1. The van der Waals surface area contributed by atoms with Gasteiger partial charge < -0.3 is 20.1 Å². The average Bonchev–Trinajstić information content (AvgIpc) is 2.53. The molecule has 0 atom stereocenters. The van der Waals surface area contributed by atoms with Gasteiger partial charge in [-0.2, -0.15) is 0 Å². The summed E-state index contributed by atoms with van der Waals surface area (Å²) < 4.78 is 45.3. The zero-order valence-electron chi connectivity index (χ0n) is 13.9. The van der Waals surface area contributed by atoms with E-state index in [1.807, 2.05) is 6.92 Å². The second-order valence-corrected chi connectivity index (χ2v) is 4.92. The molecule has 2 N–H and O–H groups in total. The number of hydrogen-bond acceptors (Lipinski definition) is 3. The molecule has 1 aromatic rings. The van der Waals surface area contributed by atoms with E-state index in [-0.39, 0.29) is 5.75 Å². The number of hydrogen-bond donors (Lipinski definition) is 2. The van der Waals surface area contributed by atoms with Crippen LogP contribution in [-0.4, -0.2) is 45.7 Å². The third-order valence-electron chi connectivity index (χ3n) is 3.05. The summed E-state index contributed by atoms with van der Waals surface area (Å²) in [6, 6.07) is 5.84. The molecule has 0 amide bonds. The molecule has 0 saturated carbocycles. The fourth-order valence-electron chi connectivity index (χ4n) is 1.93. The first kappa shape index (κ1) is 20.1. The van der Waals surface area contributed by atoms with E-state index in [1.165, 1.54) is 12.1 Å². The van der Waals surface area contributed by atoms with Crippen molar-refractivity contribution in [2.45, 2.75) is 26.1 Å². The largest absolute Gasteiger partial charge is 0.573 e. The quantitative estimate of drug-likeness (QED) is 0.410. The Morgan fingerprint density at radius 3 is 2.38 bits per heavy atom. The number of alkyl halides is 3. The molecule has 0 radical (unpaired) electrons. The molecule has 1 aromatic carbocycles. The summed E-state index contributed by atoms with van der Waals surface area (Å²) in [5.74, 6) is 0.467. The summed E-state index contributed by atoms with van der Waals surface area (Å²) in [6.45, 7) is 4.73. The van der Waals surface area contributed by atoms with Gasteiger partial charge >= 0.3 is 6.36 Å². The Morgan fingerprint density at radius 2 is 1.79 bits per heavy atom. The highest BCUT2D eigenvalue weighted by Gasteiger charge is 2.30. The molecule has 0 aliphatic heterocycles. The molecular weight excluding hydrogens is 323 g/mol. The number of aliphatic imine (C=N–C) groups is 1. The SMILES string of the molecule is CCOCCCNC(=NC)NCCc1ccc(OC(F)(F)F)cc1. The first-order valence-corrected chi connectivity index (χ1v) is 7.81. The van der Waals surface area contributed by atoms with E-state index >= 15 is 0 Å². The van der Waals surface area contributed by atoms with Gasteiger partial charge in [0.15, 0.2) is 5.96 Å². The first-order chi connectivity index (χ1) is 11.4. The Kier molecular flexibility index (Phi) is 8.99. The molecule has 0 aromatic heterocycles. The van der Waals surface area contributed by atoms with Gasteiger partial charge in [-0.05, 0) is 37.5 Å². The summed E-state index contributed by atoms with van der Waals surface area (Å²) in [5.41, 5.74) is 0.906. The van der Waals surface area contributed by atoms with Crippen molar-refractivity contribution in [3.8, 4) is 5.75 Å². The molecule has 0 fully saturated rings. The van der Waals surface area contributed by atoms with Gasteiger partial charge in [-0.25, -0.2) is 0 Å². The highest BCUT2D eigenvalue weighted by Crippen LogP contribution is 2.22. The van der Waals surface area contributed by atoms with E-state index in [9.17, 15) is 13.2 Å². The van der Waals surface area contributed by atoms with Crippen molar-refractivity contribution in [2.75, 3.05) is 33.4 Å². The summed E-state index contributed by atoms with van der Waals surface area (Å²) in [7, 11) is 1.68. The Hall–Kier alpha value is -1.96. The third-order valence-corrected chi connectivity index (χ3v) is 3.05. The minimum absolute atomic E-state index is 0.217. The third kappa shape index (κ3) is 9.24. The Bertz CT molecular complexity index is 490. The normalized spacial score (nSPS) is 12.1. The van der Waals surface area contributed by atoms with E-state index < -0.39 is 6.36 Å². The zero-order chi connectivity index (χ0) is 17.8. The van der Waals surface area contributed by atoms with Gasteiger partial charge in [0, 0.05) is 33.4 Å². The number of nitrogens with one attached hydrogen (secondary N) is 2. The Labute approximate surface area is 140 Å². The monoisotopic (exact) mass is 347 g/mol. The summed E-state index contributed by atoms with van der Waals surface area (Å²) >= 11 is 0. The molecule has 24 heavy (non-hydrogen) atoms. The van der Waals surface area contributed by atoms with E-state index in [1.54, 1.807) is 19.2 Å². The second-order valence-electron chi connectivity index (χ2n) is 4.92. The molecule has 0 heterocycles. The molecule has 8 heteroatoms. The molecular formula is C16H24F3N3O2. The molecule has 0 aliphatic rings. The minimum Gasteiger partial charge on any atom is -0.406 e.